The SMILES string of the molecule is CCOC(=O)c1nc(-c2cccc(Br)c2)co1. The minimum atomic E-state index is -0.547. The number of hydrogen-bond donors (Lipinski definition) is 0. The third-order valence-corrected chi connectivity index (χ3v) is 2.57. The van der Waals surface area contributed by atoms with Crippen LogP contribution in [-0.2, 0) is 4.74 Å². The Balaban J connectivity index is 2.27. The quantitative estimate of drug-likeness (QED) is 0.816. The maximum absolute atomic E-state index is 11.4. The summed E-state index contributed by atoms with van der Waals surface area (Å²) in [7, 11) is 0. The van der Waals surface area contributed by atoms with E-state index in [0.29, 0.717) is 12.3 Å². The molecule has 0 fully saturated rings. The van der Waals surface area contributed by atoms with Gasteiger partial charge in [-0.3, -0.25) is 0 Å². The fourth-order valence-corrected chi connectivity index (χ4v) is 1.74. The van der Waals surface area contributed by atoms with E-state index in [4.69, 9.17) is 9.15 Å². The van der Waals surface area contributed by atoms with Crippen molar-refractivity contribution in [2.24, 2.45) is 0 Å². The molecule has 1 heterocycles. The Hall–Kier alpha value is -1.62. The summed E-state index contributed by atoms with van der Waals surface area (Å²) in [4.78, 5) is 15.4. The van der Waals surface area contributed by atoms with E-state index < -0.39 is 5.97 Å². The summed E-state index contributed by atoms with van der Waals surface area (Å²) in [6, 6.07) is 7.58. The van der Waals surface area contributed by atoms with E-state index in [0.717, 1.165) is 10.0 Å². The van der Waals surface area contributed by atoms with Crippen molar-refractivity contribution in [1.82, 2.24) is 4.98 Å². The smallest absolute Gasteiger partial charge is 0.394 e. The van der Waals surface area contributed by atoms with Crippen LogP contribution >= 0.6 is 15.9 Å². The van der Waals surface area contributed by atoms with Gasteiger partial charge in [0.15, 0.2) is 0 Å². The summed E-state index contributed by atoms with van der Waals surface area (Å²) in [5.41, 5.74) is 1.48. The number of hydrogen-bond acceptors (Lipinski definition) is 4. The molecule has 0 N–H and O–H groups in total. The van der Waals surface area contributed by atoms with Crippen LogP contribution in [0.2, 0.25) is 0 Å². The van der Waals surface area contributed by atoms with Crippen molar-refractivity contribution < 1.29 is 13.9 Å². The predicted octanol–water partition coefficient (Wildman–Crippen LogP) is 3.28. The first-order chi connectivity index (χ1) is 8.20. The molecule has 5 heteroatoms. The van der Waals surface area contributed by atoms with E-state index in [1.54, 1.807) is 6.92 Å². The number of carbonyl (C=O) groups excluding carboxylic acids is 1. The zero-order valence-electron chi connectivity index (χ0n) is 9.14. The number of halogens is 1. The van der Waals surface area contributed by atoms with Gasteiger partial charge in [-0.15, -0.1) is 0 Å². The van der Waals surface area contributed by atoms with Gasteiger partial charge in [-0.05, 0) is 19.1 Å². The molecule has 0 bridgehead atoms. The fraction of sp³-hybridized carbons (Fsp3) is 0.167. The predicted molar refractivity (Wildman–Crippen MR) is 65.6 cm³/mol. The molecular weight excluding hydrogens is 286 g/mol. The molecule has 88 valence electrons. The fourth-order valence-electron chi connectivity index (χ4n) is 1.34. The molecule has 2 rings (SSSR count). The van der Waals surface area contributed by atoms with Crippen LogP contribution in [0.15, 0.2) is 39.4 Å². The first kappa shape index (κ1) is 11.9. The number of oxazole rings is 1. The van der Waals surface area contributed by atoms with Crippen molar-refractivity contribution in [2.75, 3.05) is 6.61 Å². The molecule has 0 atom stereocenters. The largest absolute Gasteiger partial charge is 0.459 e. The molecule has 0 saturated carbocycles. The zero-order valence-corrected chi connectivity index (χ0v) is 10.7. The summed E-state index contributed by atoms with van der Waals surface area (Å²) in [5, 5.41) is 0. The second kappa shape index (κ2) is 5.14. The minimum Gasteiger partial charge on any atom is -0.459 e. The summed E-state index contributed by atoms with van der Waals surface area (Å²) in [6.45, 7) is 2.03. The van der Waals surface area contributed by atoms with Crippen molar-refractivity contribution >= 4 is 21.9 Å². The topological polar surface area (TPSA) is 52.3 Å². The number of ether oxygens (including phenoxy) is 1. The first-order valence-corrected chi connectivity index (χ1v) is 5.88. The number of aromatic nitrogens is 1. The van der Waals surface area contributed by atoms with E-state index in [9.17, 15) is 4.79 Å². The third-order valence-electron chi connectivity index (χ3n) is 2.07. The average molecular weight is 296 g/mol. The zero-order chi connectivity index (χ0) is 12.3. The highest BCUT2D eigenvalue weighted by atomic mass is 79.9. The van der Waals surface area contributed by atoms with Gasteiger partial charge in [0.25, 0.3) is 0 Å². The molecule has 1 aromatic heterocycles. The van der Waals surface area contributed by atoms with Gasteiger partial charge in [-0.25, -0.2) is 9.78 Å². The maximum atomic E-state index is 11.4. The summed E-state index contributed by atoms with van der Waals surface area (Å²) in [5.74, 6) is -0.574. The van der Waals surface area contributed by atoms with Crippen LogP contribution in [0.5, 0.6) is 0 Å². The molecule has 0 aliphatic rings. The first-order valence-electron chi connectivity index (χ1n) is 5.09. The number of rotatable bonds is 3. The Morgan fingerprint density at radius 2 is 2.35 bits per heavy atom. The molecule has 0 aliphatic heterocycles. The standard InChI is InChI=1S/C12H10BrNO3/c1-2-16-12(15)11-14-10(7-17-11)8-4-3-5-9(13)6-8/h3-7H,2H2,1H3. The lowest BCUT2D eigenvalue weighted by molar-refractivity contribution is 0.0481. The molecule has 0 spiro atoms. The van der Waals surface area contributed by atoms with Gasteiger partial charge in [-0.1, -0.05) is 28.1 Å². The molecule has 2 aromatic rings. The average Bonchev–Trinajstić information content (AvgIpc) is 2.78. The Labute approximate surface area is 107 Å². The van der Waals surface area contributed by atoms with Crippen LogP contribution in [0.3, 0.4) is 0 Å². The summed E-state index contributed by atoms with van der Waals surface area (Å²) < 4.78 is 10.8. The molecule has 17 heavy (non-hydrogen) atoms. The van der Waals surface area contributed by atoms with Crippen LogP contribution < -0.4 is 0 Å². The van der Waals surface area contributed by atoms with Gasteiger partial charge < -0.3 is 9.15 Å². The molecular formula is C12H10BrNO3. The third kappa shape index (κ3) is 2.74. The Kier molecular flexibility index (Phi) is 3.58. The summed E-state index contributed by atoms with van der Waals surface area (Å²) >= 11 is 3.37. The van der Waals surface area contributed by atoms with E-state index in [1.807, 2.05) is 24.3 Å². The minimum absolute atomic E-state index is 0.0261. The summed E-state index contributed by atoms with van der Waals surface area (Å²) in [6.07, 6.45) is 1.44. The van der Waals surface area contributed by atoms with E-state index >= 15 is 0 Å². The van der Waals surface area contributed by atoms with Gasteiger partial charge in [0, 0.05) is 10.0 Å². The second-order valence-electron chi connectivity index (χ2n) is 3.27. The molecule has 0 unspecified atom stereocenters. The lowest BCUT2D eigenvalue weighted by atomic mass is 10.2. The van der Waals surface area contributed by atoms with Crippen molar-refractivity contribution in [3.05, 3.63) is 40.9 Å². The number of nitrogens with zero attached hydrogens (tertiary/aromatic N) is 1. The van der Waals surface area contributed by atoms with Crippen LogP contribution in [-0.4, -0.2) is 17.6 Å². The number of benzene rings is 1. The molecule has 0 aliphatic carbocycles. The van der Waals surface area contributed by atoms with Crippen molar-refractivity contribution in [3.8, 4) is 11.3 Å². The Morgan fingerprint density at radius 1 is 1.53 bits per heavy atom. The number of carbonyl (C=O) groups is 1. The highest BCUT2D eigenvalue weighted by molar-refractivity contribution is 9.10. The van der Waals surface area contributed by atoms with Crippen LogP contribution in [0, 0.1) is 0 Å². The van der Waals surface area contributed by atoms with Gasteiger partial charge in [0.05, 0.1) is 6.61 Å². The molecule has 0 radical (unpaired) electrons. The van der Waals surface area contributed by atoms with Gasteiger partial charge in [-0.2, -0.15) is 0 Å². The van der Waals surface area contributed by atoms with E-state index in [-0.39, 0.29) is 5.89 Å². The van der Waals surface area contributed by atoms with Crippen LogP contribution in [0.1, 0.15) is 17.6 Å². The van der Waals surface area contributed by atoms with Crippen molar-refractivity contribution in [1.29, 1.82) is 0 Å². The normalized spacial score (nSPS) is 10.2. The van der Waals surface area contributed by atoms with E-state index in [1.165, 1.54) is 6.26 Å². The lowest BCUT2D eigenvalue weighted by Crippen LogP contribution is -2.04. The van der Waals surface area contributed by atoms with Crippen LogP contribution in [0.25, 0.3) is 11.3 Å². The monoisotopic (exact) mass is 295 g/mol. The molecule has 0 saturated heterocycles. The highest BCUT2D eigenvalue weighted by Gasteiger charge is 2.14. The highest BCUT2D eigenvalue weighted by Crippen LogP contribution is 2.22. The number of esters is 1. The molecule has 0 amide bonds. The maximum Gasteiger partial charge on any atom is 0.394 e. The second-order valence-corrected chi connectivity index (χ2v) is 4.18. The molecule has 4 nitrogen and oxygen atoms in total. The van der Waals surface area contributed by atoms with Gasteiger partial charge in [0.2, 0.25) is 0 Å². The van der Waals surface area contributed by atoms with E-state index in [2.05, 4.69) is 20.9 Å². The van der Waals surface area contributed by atoms with Crippen LogP contribution in [0.4, 0.5) is 0 Å². The van der Waals surface area contributed by atoms with Gasteiger partial charge in [0.1, 0.15) is 12.0 Å². The lowest BCUT2D eigenvalue weighted by Gasteiger charge is -1.96. The Bertz CT molecular complexity index is 536. The van der Waals surface area contributed by atoms with Crippen molar-refractivity contribution in [3.63, 3.8) is 0 Å². The Morgan fingerprint density at radius 3 is 3.06 bits per heavy atom. The van der Waals surface area contributed by atoms with Crippen molar-refractivity contribution in [2.45, 2.75) is 6.92 Å². The molecule has 1 aromatic carbocycles. The van der Waals surface area contributed by atoms with Gasteiger partial charge >= 0.3 is 11.9 Å².